The molecule has 0 saturated carbocycles. The lowest BCUT2D eigenvalue weighted by Crippen LogP contribution is -2.49. The molecule has 0 aliphatic carbocycles. The molecule has 0 bridgehead atoms. The van der Waals surface area contributed by atoms with Crippen molar-refractivity contribution in [2.75, 3.05) is 49.1 Å². The molecule has 162 valence electrons. The molecule has 7 nitrogen and oxygen atoms in total. The molecular weight excluding hydrogens is 398 g/mol. The molecule has 2 fully saturated rings. The van der Waals surface area contributed by atoms with Gasteiger partial charge in [0, 0.05) is 39.3 Å². The molecule has 8 heteroatoms. The summed E-state index contributed by atoms with van der Waals surface area (Å²) in [5, 5.41) is 8.89. The Bertz CT molecular complexity index is 932. The van der Waals surface area contributed by atoms with Crippen LogP contribution < -0.4 is 9.80 Å². The minimum Gasteiger partial charge on any atom is -0.355 e. The van der Waals surface area contributed by atoms with Crippen LogP contribution in [-0.2, 0) is 15.8 Å². The Kier molecular flexibility index (Phi) is 6.53. The topological polar surface area (TPSA) is 69.6 Å². The van der Waals surface area contributed by atoms with Crippen LogP contribution in [0.4, 0.5) is 11.6 Å². The van der Waals surface area contributed by atoms with Gasteiger partial charge in [0.25, 0.3) is 0 Å². The average molecular weight is 430 g/mol. The second kappa shape index (κ2) is 9.31. The van der Waals surface area contributed by atoms with Gasteiger partial charge in [-0.2, -0.15) is 4.31 Å². The molecule has 0 N–H and O–H groups in total. The van der Waals surface area contributed by atoms with E-state index in [4.69, 9.17) is 0 Å². The van der Waals surface area contributed by atoms with Crippen molar-refractivity contribution >= 4 is 21.7 Å². The first-order valence-electron chi connectivity index (χ1n) is 10.9. The summed E-state index contributed by atoms with van der Waals surface area (Å²) in [7, 11) is -3.32. The van der Waals surface area contributed by atoms with Crippen molar-refractivity contribution in [3.05, 3.63) is 47.5 Å². The molecule has 1 aromatic carbocycles. The lowest BCUT2D eigenvalue weighted by molar-refractivity contribution is 0.383. The predicted molar refractivity (Wildman–Crippen MR) is 120 cm³/mol. The summed E-state index contributed by atoms with van der Waals surface area (Å²) in [6.45, 7) is 6.29. The Balaban J connectivity index is 1.34. The van der Waals surface area contributed by atoms with Gasteiger partial charge in [-0.3, -0.25) is 0 Å². The summed E-state index contributed by atoms with van der Waals surface area (Å²) >= 11 is 0. The molecule has 0 atom stereocenters. The first kappa shape index (κ1) is 21.1. The number of sulfonamides is 1. The van der Waals surface area contributed by atoms with Crippen molar-refractivity contribution in [1.82, 2.24) is 14.5 Å². The van der Waals surface area contributed by atoms with Crippen LogP contribution in [0.15, 0.2) is 36.4 Å². The quantitative estimate of drug-likeness (QED) is 0.728. The lowest BCUT2D eigenvalue weighted by Gasteiger charge is -2.34. The molecular formula is C22H31N5O2S. The van der Waals surface area contributed by atoms with Crippen LogP contribution in [0.25, 0.3) is 0 Å². The first-order chi connectivity index (χ1) is 14.5. The largest absolute Gasteiger partial charge is 0.355 e. The summed E-state index contributed by atoms with van der Waals surface area (Å²) in [6, 6.07) is 11.8. The Morgan fingerprint density at radius 3 is 1.97 bits per heavy atom. The van der Waals surface area contributed by atoms with E-state index >= 15 is 0 Å². The standard InChI is InChI=1S/C22H31N5O2S/c1-19-7-6-8-20(17-19)18-30(28,29)27-15-13-26(14-16-27)22-10-9-21(23-24-22)25-11-4-2-3-5-12-25/h6-10,17H,2-5,11-16,18H2,1H3. The Hall–Kier alpha value is -2.19. The molecule has 3 heterocycles. The fourth-order valence-corrected chi connectivity index (χ4v) is 5.76. The molecule has 2 aromatic rings. The Labute approximate surface area is 179 Å². The highest BCUT2D eigenvalue weighted by Gasteiger charge is 2.28. The van der Waals surface area contributed by atoms with Gasteiger partial charge in [0.05, 0.1) is 5.75 Å². The van der Waals surface area contributed by atoms with Crippen LogP contribution in [0.5, 0.6) is 0 Å². The van der Waals surface area contributed by atoms with Gasteiger partial charge < -0.3 is 9.80 Å². The summed E-state index contributed by atoms with van der Waals surface area (Å²) < 4.78 is 27.3. The maximum Gasteiger partial charge on any atom is 0.218 e. The van der Waals surface area contributed by atoms with E-state index in [-0.39, 0.29) is 5.75 Å². The SMILES string of the molecule is Cc1cccc(CS(=O)(=O)N2CCN(c3ccc(N4CCCCCC4)nn3)CC2)c1. The molecule has 0 unspecified atom stereocenters. The number of aryl methyl sites for hydroxylation is 1. The third-order valence-corrected chi connectivity index (χ3v) is 7.80. The highest BCUT2D eigenvalue weighted by molar-refractivity contribution is 7.88. The molecule has 0 radical (unpaired) electrons. The van der Waals surface area contributed by atoms with Crippen LogP contribution in [0, 0.1) is 6.92 Å². The van der Waals surface area contributed by atoms with Gasteiger partial charge in [-0.25, -0.2) is 8.42 Å². The van der Waals surface area contributed by atoms with Gasteiger partial charge in [-0.1, -0.05) is 42.7 Å². The first-order valence-corrected chi connectivity index (χ1v) is 12.5. The number of hydrogen-bond donors (Lipinski definition) is 0. The maximum absolute atomic E-state index is 12.8. The van der Waals surface area contributed by atoms with Gasteiger partial charge in [0.1, 0.15) is 0 Å². The minimum atomic E-state index is -3.32. The maximum atomic E-state index is 12.8. The molecule has 30 heavy (non-hydrogen) atoms. The van der Waals surface area contributed by atoms with Crippen LogP contribution in [0.3, 0.4) is 0 Å². The van der Waals surface area contributed by atoms with Crippen molar-refractivity contribution < 1.29 is 8.42 Å². The number of rotatable bonds is 5. The summed E-state index contributed by atoms with van der Waals surface area (Å²) in [5.41, 5.74) is 1.92. The van der Waals surface area contributed by atoms with Gasteiger partial charge in [0.15, 0.2) is 11.6 Å². The molecule has 0 amide bonds. The van der Waals surface area contributed by atoms with Crippen LogP contribution >= 0.6 is 0 Å². The van der Waals surface area contributed by atoms with Crippen LogP contribution in [-0.4, -0.2) is 62.2 Å². The van der Waals surface area contributed by atoms with Gasteiger partial charge in [0.2, 0.25) is 10.0 Å². The number of piperazine rings is 1. The number of benzene rings is 1. The molecule has 2 saturated heterocycles. The van der Waals surface area contributed by atoms with Crippen LogP contribution in [0.2, 0.25) is 0 Å². The van der Waals surface area contributed by atoms with Crippen LogP contribution in [0.1, 0.15) is 36.8 Å². The number of anilines is 2. The highest BCUT2D eigenvalue weighted by Crippen LogP contribution is 2.21. The number of aromatic nitrogens is 2. The van der Waals surface area contributed by atoms with E-state index in [1.54, 1.807) is 4.31 Å². The predicted octanol–water partition coefficient (Wildman–Crippen LogP) is 2.82. The number of hydrogen-bond acceptors (Lipinski definition) is 6. The summed E-state index contributed by atoms with van der Waals surface area (Å²) in [4.78, 5) is 4.44. The Morgan fingerprint density at radius 1 is 0.800 bits per heavy atom. The summed E-state index contributed by atoms with van der Waals surface area (Å²) in [6.07, 6.45) is 5.00. The average Bonchev–Trinajstić information content (AvgIpc) is 3.03. The van der Waals surface area contributed by atoms with E-state index in [1.807, 2.05) is 37.3 Å². The van der Waals surface area contributed by atoms with Gasteiger partial charge in [-0.05, 0) is 37.5 Å². The fourth-order valence-electron chi connectivity index (χ4n) is 4.25. The molecule has 4 rings (SSSR count). The van der Waals surface area contributed by atoms with Crippen molar-refractivity contribution in [2.45, 2.75) is 38.4 Å². The van der Waals surface area contributed by atoms with E-state index in [9.17, 15) is 8.42 Å². The number of nitrogens with zero attached hydrogens (tertiary/aromatic N) is 5. The molecule has 2 aliphatic rings. The van der Waals surface area contributed by atoms with Gasteiger partial charge >= 0.3 is 0 Å². The van der Waals surface area contributed by atoms with Crippen molar-refractivity contribution in [3.8, 4) is 0 Å². The van der Waals surface area contributed by atoms with E-state index in [2.05, 4.69) is 26.1 Å². The zero-order valence-electron chi connectivity index (χ0n) is 17.7. The lowest BCUT2D eigenvalue weighted by atomic mass is 10.2. The third kappa shape index (κ3) is 5.10. The highest BCUT2D eigenvalue weighted by atomic mass is 32.2. The summed E-state index contributed by atoms with van der Waals surface area (Å²) in [5.74, 6) is 1.82. The monoisotopic (exact) mass is 429 g/mol. The van der Waals surface area contributed by atoms with E-state index in [0.717, 1.165) is 35.9 Å². The third-order valence-electron chi connectivity index (χ3n) is 5.95. The van der Waals surface area contributed by atoms with E-state index in [0.29, 0.717) is 26.2 Å². The van der Waals surface area contributed by atoms with E-state index in [1.165, 1.54) is 25.7 Å². The zero-order chi connectivity index (χ0) is 21.0. The van der Waals surface area contributed by atoms with Gasteiger partial charge in [-0.15, -0.1) is 10.2 Å². The second-order valence-corrected chi connectivity index (χ2v) is 10.3. The molecule has 2 aliphatic heterocycles. The molecule has 1 aromatic heterocycles. The second-order valence-electron chi connectivity index (χ2n) is 8.28. The smallest absolute Gasteiger partial charge is 0.218 e. The molecule has 0 spiro atoms. The minimum absolute atomic E-state index is 0.0546. The normalized spacial score (nSPS) is 19.0. The van der Waals surface area contributed by atoms with Crippen molar-refractivity contribution in [1.29, 1.82) is 0 Å². The fraction of sp³-hybridized carbons (Fsp3) is 0.545. The van der Waals surface area contributed by atoms with Crippen molar-refractivity contribution in [2.24, 2.45) is 0 Å². The van der Waals surface area contributed by atoms with E-state index < -0.39 is 10.0 Å². The van der Waals surface area contributed by atoms with Crippen molar-refractivity contribution in [3.63, 3.8) is 0 Å². The zero-order valence-corrected chi connectivity index (χ0v) is 18.5. The Morgan fingerprint density at radius 2 is 1.40 bits per heavy atom.